The van der Waals surface area contributed by atoms with Crippen molar-refractivity contribution in [1.29, 1.82) is 0 Å². The maximum Gasteiger partial charge on any atom is 0.433 e. The molecule has 0 saturated carbocycles. The summed E-state index contributed by atoms with van der Waals surface area (Å²) in [5, 5.41) is 17.6. The van der Waals surface area contributed by atoms with Gasteiger partial charge in [-0.1, -0.05) is 23.7 Å². The van der Waals surface area contributed by atoms with Crippen molar-refractivity contribution in [2.24, 2.45) is 10.1 Å². The van der Waals surface area contributed by atoms with Gasteiger partial charge in [-0.25, -0.2) is 4.68 Å². The van der Waals surface area contributed by atoms with Crippen molar-refractivity contribution in [3.8, 4) is 11.3 Å². The van der Waals surface area contributed by atoms with Gasteiger partial charge in [0.2, 0.25) is 4.80 Å². The highest BCUT2D eigenvalue weighted by atomic mass is 35.5. The predicted molar refractivity (Wildman–Crippen MR) is 92.6 cm³/mol. The van der Waals surface area contributed by atoms with Crippen LogP contribution in [0.4, 0.5) is 5.88 Å². The molecule has 2 aromatic heterocycles. The number of halogens is 1. The standard InChI is InChI=1S/C15H11ClN4O3S/c1-17-15-19(18-8-12-6-7-14(23-12)20(21)22)13(9-24-15)10-2-4-11(16)5-3-10/h2-9H,1H3/b17-15?,18-8+. The van der Waals surface area contributed by atoms with Crippen LogP contribution in [0.5, 0.6) is 0 Å². The van der Waals surface area contributed by atoms with Gasteiger partial charge in [-0.05, 0) is 18.2 Å². The zero-order valence-electron chi connectivity index (χ0n) is 12.4. The molecule has 0 saturated heterocycles. The van der Waals surface area contributed by atoms with Crippen molar-refractivity contribution >= 4 is 35.0 Å². The van der Waals surface area contributed by atoms with Crippen molar-refractivity contribution < 1.29 is 9.34 Å². The molecule has 3 aromatic rings. The Bertz CT molecular complexity index is 969. The largest absolute Gasteiger partial charge is 0.433 e. The Hall–Kier alpha value is -2.71. The molecule has 0 amide bonds. The molecule has 0 aliphatic heterocycles. The molecule has 0 N–H and O–H groups in total. The van der Waals surface area contributed by atoms with Gasteiger partial charge in [0, 0.05) is 23.0 Å². The van der Waals surface area contributed by atoms with Crippen molar-refractivity contribution in [1.82, 2.24) is 4.68 Å². The Morgan fingerprint density at radius 2 is 2.04 bits per heavy atom. The second kappa shape index (κ2) is 6.81. The lowest BCUT2D eigenvalue weighted by atomic mass is 10.2. The van der Waals surface area contributed by atoms with Gasteiger partial charge in [0.1, 0.15) is 4.92 Å². The van der Waals surface area contributed by atoms with Crippen LogP contribution in [-0.4, -0.2) is 22.9 Å². The molecule has 0 aliphatic rings. The van der Waals surface area contributed by atoms with Crippen molar-refractivity contribution in [3.63, 3.8) is 0 Å². The molecule has 0 radical (unpaired) electrons. The van der Waals surface area contributed by atoms with E-state index in [2.05, 4.69) is 10.1 Å². The Balaban J connectivity index is 2.00. The number of rotatable bonds is 4. The van der Waals surface area contributed by atoms with Gasteiger partial charge in [0.15, 0.2) is 5.76 Å². The molecule has 0 spiro atoms. The van der Waals surface area contributed by atoms with E-state index in [4.69, 9.17) is 16.0 Å². The fourth-order valence-electron chi connectivity index (χ4n) is 2.01. The van der Waals surface area contributed by atoms with Gasteiger partial charge in [-0.2, -0.15) is 5.10 Å². The average molecular weight is 363 g/mol. The first-order valence-electron chi connectivity index (χ1n) is 6.76. The maximum atomic E-state index is 10.7. The molecule has 24 heavy (non-hydrogen) atoms. The van der Waals surface area contributed by atoms with Crippen LogP contribution in [0.25, 0.3) is 11.3 Å². The molecule has 0 fully saturated rings. The second-order valence-electron chi connectivity index (χ2n) is 4.62. The first-order chi connectivity index (χ1) is 11.6. The fourth-order valence-corrected chi connectivity index (χ4v) is 2.94. The molecule has 1 aromatic carbocycles. The van der Waals surface area contributed by atoms with Crippen LogP contribution < -0.4 is 4.80 Å². The third-order valence-electron chi connectivity index (χ3n) is 3.11. The lowest BCUT2D eigenvalue weighted by molar-refractivity contribution is -0.402. The van der Waals surface area contributed by atoms with Gasteiger partial charge in [-0.15, -0.1) is 11.3 Å². The minimum atomic E-state index is -0.596. The summed E-state index contributed by atoms with van der Waals surface area (Å²) >= 11 is 7.35. The lowest BCUT2D eigenvalue weighted by Crippen LogP contribution is -2.11. The van der Waals surface area contributed by atoms with E-state index in [0.717, 1.165) is 11.3 Å². The van der Waals surface area contributed by atoms with Crippen LogP contribution >= 0.6 is 22.9 Å². The van der Waals surface area contributed by atoms with E-state index in [-0.39, 0.29) is 11.6 Å². The minimum Gasteiger partial charge on any atom is -0.400 e. The van der Waals surface area contributed by atoms with Gasteiger partial charge in [-0.3, -0.25) is 15.1 Å². The Labute approximate surface area is 145 Å². The quantitative estimate of drug-likeness (QED) is 0.402. The summed E-state index contributed by atoms with van der Waals surface area (Å²) in [5.74, 6) is -0.0467. The summed E-state index contributed by atoms with van der Waals surface area (Å²) in [6.07, 6.45) is 1.41. The SMILES string of the molecule is CN=c1scc(-c2ccc(Cl)cc2)n1/N=C/c1ccc([N+](=O)[O-])o1. The summed E-state index contributed by atoms with van der Waals surface area (Å²) in [4.78, 5) is 14.9. The van der Waals surface area contributed by atoms with Crippen LogP contribution in [0.15, 0.2) is 56.3 Å². The molecule has 3 rings (SSSR count). The molecule has 0 unspecified atom stereocenters. The topological polar surface area (TPSA) is 85.9 Å². The number of aromatic nitrogens is 1. The molecular formula is C15H11ClN4O3S. The van der Waals surface area contributed by atoms with Crippen LogP contribution in [0.3, 0.4) is 0 Å². The summed E-state index contributed by atoms with van der Waals surface area (Å²) in [6, 6.07) is 10.1. The van der Waals surface area contributed by atoms with Crippen LogP contribution in [0, 0.1) is 10.1 Å². The Morgan fingerprint density at radius 3 is 2.67 bits per heavy atom. The zero-order valence-corrected chi connectivity index (χ0v) is 14.0. The Kier molecular flexibility index (Phi) is 4.59. The lowest BCUT2D eigenvalue weighted by Gasteiger charge is -2.03. The Morgan fingerprint density at radius 1 is 1.29 bits per heavy atom. The molecule has 7 nitrogen and oxygen atoms in total. The van der Waals surface area contributed by atoms with Gasteiger partial charge in [0.25, 0.3) is 0 Å². The van der Waals surface area contributed by atoms with Crippen LogP contribution in [0.2, 0.25) is 5.02 Å². The highest BCUT2D eigenvalue weighted by molar-refractivity contribution is 7.07. The van der Waals surface area contributed by atoms with Crippen molar-refractivity contribution in [3.05, 3.63) is 67.5 Å². The van der Waals surface area contributed by atoms with Gasteiger partial charge >= 0.3 is 5.88 Å². The predicted octanol–water partition coefficient (Wildman–Crippen LogP) is 3.78. The monoisotopic (exact) mass is 362 g/mol. The number of furan rings is 1. The number of hydrogen-bond acceptors (Lipinski definition) is 6. The van der Waals surface area contributed by atoms with Gasteiger partial charge in [0.05, 0.1) is 18.0 Å². The number of nitrogens with zero attached hydrogens (tertiary/aromatic N) is 4. The molecule has 0 atom stereocenters. The molecule has 2 heterocycles. The van der Waals surface area contributed by atoms with E-state index < -0.39 is 4.92 Å². The first-order valence-corrected chi connectivity index (χ1v) is 8.02. The van der Waals surface area contributed by atoms with Crippen molar-refractivity contribution in [2.75, 3.05) is 7.05 Å². The number of hydrogen-bond donors (Lipinski definition) is 0. The third kappa shape index (κ3) is 3.29. The van der Waals surface area contributed by atoms with Crippen LogP contribution in [-0.2, 0) is 0 Å². The third-order valence-corrected chi connectivity index (χ3v) is 4.27. The number of thiazole rings is 1. The molecule has 0 bridgehead atoms. The summed E-state index contributed by atoms with van der Waals surface area (Å²) in [7, 11) is 1.67. The molecule has 9 heteroatoms. The summed E-state index contributed by atoms with van der Waals surface area (Å²) in [5.41, 5.74) is 1.75. The molecule has 122 valence electrons. The van der Waals surface area contributed by atoms with Crippen LogP contribution in [0.1, 0.15) is 5.76 Å². The maximum absolute atomic E-state index is 10.7. The van der Waals surface area contributed by atoms with E-state index in [0.29, 0.717) is 9.82 Å². The highest BCUT2D eigenvalue weighted by Crippen LogP contribution is 2.22. The van der Waals surface area contributed by atoms with E-state index in [1.807, 2.05) is 17.5 Å². The van der Waals surface area contributed by atoms with E-state index in [1.54, 1.807) is 23.9 Å². The normalized spacial score (nSPS) is 12.2. The molecule has 0 aliphatic carbocycles. The van der Waals surface area contributed by atoms with E-state index in [1.165, 1.54) is 29.7 Å². The zero-order chi connectivity index (χ0) is 17.1. The molecular weight excluding hydrogens is 352 g/mol. The van der Waals surface area contributed by atoms with Gasteiger partial charge < -0.3 is 4.42 Å². The number of nitro groups is 1. The highest BCUT2D eigenvalue weighted by Gasteiger charge is 2.11. The van der Waals surface area contributed by atoms with Crippen molar-refractivity contribution in [2.45, 2.75) is 0 Å². The minimum absolute atomic E-state index is 0.282. The average Bonchev–Trinajstić information content (AvgIpc) is 3.20. The smallest absolute Gasteiger partial charge is 0.400 e. The fraction of sp³-hybridized carbons (Fsp3) is 0.0667. The van der Waals surface area contributed by atoms with E-state index in [9.17, 15) is 10.1 Å². The summed E-state index contributed by atoms with van der Waals surface area (Å²) < 4.78 is 6.71. The number of benzene rings is 1. The second-order valence-corrected chi connectivity index (χ2v) is 5.90. The summed E-state index contributed by atoms with van der Waals surface area (Å²) in [6.45, 7) is 0. The first kappa shape index (κ1) is 16.2. The van der Waals surface area contributed by atoms with E-state index >= 15 is 0 Å².